The largest absolute Gasteiger partial charge is 0.495 e. The van der Waals surface area contributed by atoms with Crippen molar-refractivity contribution in [2.75, 3.05) is 12.4 Å². The molecule has 0 aliphatic heterocycles. The average molecular weight is 381 g/mol. The van der Waals surface area contributed by atoms with Crippen LogP contribution in [0, 0.1) is 0 Å². The molecule has 0 spiro atoms. The number of hydrogen-bond donors (Lipinski definition) is 1. The highest BCUT2D eigenvalue weighted by Crippen LogP contribution is 2.37. The molecule has 0 radical (unpaired) electrons. The summed E-state index contributed by atoms with van der Waals surface area (Å²) >= 11 is 17.0. The van der Waals surface area contributed by atoms with Crippen LogP contribution < -0.4 is 10.1 Å². The van der Waals surface area contributed by atoms with Crippen molar-refractivity contribution in [2.45, 2.75) is 13.0 Å². The molecule has 1 atom stereocenters. The van der Waals surface area contributed by atoms with Crippen molar-refractivity contribution in [3.8, 4) is 5.75 Å². The topological polar surface area (TPSA) is 21.3 Å². The molecular weight excluding hydrogens is 369 g/mol. The molecule has 0 amide bonds. The van der Waals surface area contributed by atoms with Gasteiger partial charge < -0.3 is 10.1 Å². The van der Waals surface area contributed by atoms with Crippen LogP contribution in [0.25, 0.3) is 0 Å². The smallest absolute Gasteiger partial charge is 0.142 e. The molecule has 6 heteroatoms. The van der Waals surface area contributed by atoms with Gasteiger partial charge in [-0.3, -0.25) is 0 Å². The summed E-state index contributed by atoms with van der Waals surface area (Å²) in [5, 5.41) is 3.38. The molecular formula is C13H12BrCl2NOS. The van der Waals surface area contributed by atoms with E-state index in [0.29, 0.717) is 8.67 Å². The van der Waals surface area contributed by atoms with Gasteiger partial charge in [0.1, 0.15) is 5.75 Å². The van der Waals surface area contributed by atoms with Crippen LogP contribution in [0.1, 0.15) is 18.5 Å². The van der Waals surface area contributed by atoms with E-state index >= 15 is 0 Å². The van der Waals surface area contributed by atoms with E-state index in [0.717, 1.165) is 21.5 Å². The molecule has 0 bridgehead atoms. The van der Waals surface area contributed by atoms with Crippen LogP contribution in [0.4, 0.5) is 5.69 Å². The maximum Gasteiger partial charge on any atom is 0.142 e. The van der Waals surface area contributed by atoms with E-state index in [1.54, 1.807) is 7.11 Å². The van der Waals surface area contributed by atoms with E-state index in [4.69, 9.17) is 27.9 Å². The Morgan fingerprint density at radius 3 is 2.63 bits per heavy atom. The van der Waals surface area contributed by atoms with E-state index < -0.39 is 0 Å². The van der Waals surface area contributed by atoms with Gasteiger partial charge >= 0.3 is 0 Å². The van der Waals surface area contributed by atoms with Crippen molar-refractivity contribution >= 4 is 56.2 Å². The number of rotatable bonds is 4. The minimum Gasteiger partial charge on any atom is -0.495 e. The highest BCUT2D eigenvalue weighted by molar-refractivity contribution is 9.10. The fourth-order valence-electron chi connectivity index (χ4n) is 1.75. The third kappa shape index (κ3) is 3.57. The predicted octanol–water partition coefficient (Wildman–Crippen LogP) is 6.00. The predicted molar refractivity (Wildman–Crippen MR) is 87.1 cm³/mol. The molecule has 0 aliphatic carbocycles. The first-order valence-corrected chi connectivity index (χ1v) is 7.92. The van der Waals surface area contributed by atoms with Crippen molar-refractivity contribution < 1.29 is 4.74 Å². The molecule has 2 nitrogen and oxygen atoms in total. The number of hydrogen-bond acceptors (Lipinski definition) is 3. The third-order valence-electron chi connectivity index (χ3n) is 2.68. The zero-order chi connectivity index (χ0) is 14.0. The Kier molecular flexibility index (Phi) is 5.01. The Balaban J connectivity index is 2.25. The normalized spacial score (nSPS) is 12.3. The first-order chi connectivity index (χ1) is 9.01. The molecule has 0 aliphatic rings. The number of methoxy groups -OCH3 is 1. The van der Waals surface area contributed by atoms with Crippen LogP contribution in [0.3, 0.4) is 0 Å². The zero-order valence-corrected chi connectivity index (χ0v) is 14.3. The highest BCUT2D eigenvalue weighted by atomic mass is 79.9. The summed E-state index contributed by atoms with van der Waals surface area (Å²) in [6.07, 6.45) is 0. The first kappa shape index (κ1) is 15.0. The maximum absolute atomic E-state index is 6.16. The van der Waals surface area contributed by atoms with Crippen molar-refractivity contribution in [3.63, 3.8) is 0 Å². The molecule has 2 rings (SSSR count). The van der Waals surface area contributed by atoms with Crippen LogP contribution in [-0.2, 0) is 0 Å². The second-order valence-electron chi connectivity index (χ2n) is 3.99. The number of nitrogens with one attached hydrogen (secondary N) is 1. The summed E-state index contributed by atoms with van der Waals surface area (Å²) in [7, 11) is 1.65. The molecule has 0 fully saturated rings. The SMILES string of the molecule is COc1ccc(Br)cc1NC(C)c1cc(Cl)sc1Cl. The van der Waals surface area contributed by atoms with Gasteiger partial charge in [-0.15, -0.1) is 11.3 Å². The molecule has 0 saturated carbocycles. The summed E-state index contributed by atoms with van der Waals surface area (Å²) in [4.78, 5) is 0. The minimum atomic E-state index is 0.0412. The molecule has 1 N–H and O–H groups in total. The Hall–Kier alpha value is -0.420. The van der Waals surface area contributed by atoms with E-state index in [9.17, 15) is 0 Å². The number of thiophene rings is 1. The van der Waals surface area contributed by atoms with Crippen molar-refractivity contribution in [1.29, 1.82) is 0 Å². The Morgan fingerprint density at radius 2 is 2.05 bits per heavy atom. The summed E-state index contributed by atoms with van der Waals surface area (Å²) in [6.45, 7) is 2.03. The highest BCUT2D eigenvalue weighted by Gasteiger charge is 2.15. The molecule has 1 unspecified atom stereocenters. The van der Waals surface area contributed by atoms with Crippen LogP contribution in [-0.4, -0.2) is 7.11 Å². The molecule has 102 valence electrons. The first-order valence-electron chi connectivity index (χ1n) is 5.56. The fourth-order valence-corrected chi connectivity index (χ4v) is 3.76. The lowest BCUT2D eigenvalue weighted by atomic mass is 10.1. The number of anilines is 1. The Labute approximate surface area is 134 Å². The average Bonchev–Trinajstić information content (AvgIpc) is 2.69. The second-order valence-corrected chi connectivity index (χ2v) is 7.19. The Morgan fingerprint density at radius 1 is 1.32 bits per heavy atom. The molecule has 1 heterocycles. The summed E-state index contributed by atoms with van der Waals surface area (Å²) in [5.41, 5.74) is 1.89. The van der Waals surface area contributed by atoms with Crippen LogP contribution in [0.2, 0.25) is 8.67 Å². The lowest BCUT2D eigenvalue weighted by Crippen LogP contribution is -2.07. The van der Waals surface area contributed by atoms with Gasteiger partial charge in [0.2, 0.25) is 0 Å². The van der Waals surface area contributed by atoms with Gasteiger partial charge in [-0.2, -0.15) is 0 Å². The lowest BCUT2D eigenvalue weighted by Gasteiger charge is -2.17. The molecule has 1 aromatic carbocycles. The summed E-state index contributed by atoms with van der Waals surface area (Å²) in [6, 6.07) is 7.73. The standard InChI is InChI=1S/C13H12BrCl2NOS/c1-7(9-6-12(15)19-13(9)16)17-10-5-8(14)3-4-11(10)18-2/h3-7,17H,1-2H3. The van der Waals surface area contributed by atoms with Gasteiger partial charge in [-0.1, -0.05) is 39.1 Å². The monoisotopic (exact) mass is 379 g/mol. The van der Waals surface area contributed by atoms with Crippen LogP contribution >= 0.6 is 50.5 Å². The fraction of sp³-hybridized carbons (Fsp3) is 0.231. The van der Waals surface area contributed by atoms with Crippen LogP contribution in [0.5, 0.6) is 5.75 Å². The van der Waals surface area contributed by atoms with Gasteiger partial charge in [-0.05, 0) is 31.2 Å². The van der Waals surface area contributed by atoms with E-state index in [2.05, 4.69) is 21.2 Å². The van der Waals surface area contributed by atoms with Gasteiger partial charge in [0, 0.05) is 10.0 Å². The van der Waals surface area contributed by atoms with Crippen molar-refractivity contribution in [3.05, 3.63) is 43.0 Å². The molecule has 1 aromatic heterocycles. The Bertz CT molecular complexity index is 588. The number of benzene rings is 1. The quantitative estimate of drug-likeness (QED) is 0.702. The van der Waals surface area contributed by atoms with E-state index in [1.807, 2.05) is 31.2 Å². The molecule has 0 saturated heterocycles. The third-order valence-corrected chi connectivity index (χ3v) is 4.69. The van der Waals surface area contributed by atoms with Gasteiger partial charge in [0.15, 0.2) is 0 Å². The zero-order valence-electron chi connectivity index (χ0n) is 10.3. The van der Waals surface area contributed by atoms with E-state index in [-0.39, 0.29) is 6.04 Å². The van der Waals surface area contributed by atoms with E-state index in [1.165, 1.54) is 11.3 Å². The second kappa shape index (κ2) is 6.35. The molecule has 2 aromatic rings. The van der Waals surface area contributed by atoms with Crippen molar-refractivity contribution in [2.24, 2.45) is 0 Å². The van der Waals surface area contributed by atoms with Crippen LogP contribution in [0.15, 0.2) is 28.7 Å². The maximum atomic E-state index is 6.16. The summed E-state index contributed by atoms with van der Waals surface area (Å²) < 4.78 is 7.71. The van der Waals surface area contributed by atoms with Gasteiger partial charge in [0.25, 0.3) is 0 Å². The number of ether oxygens (including phenoxy) is 1. The molecule has 19 heavy (non-hydrogen) atoms. The van der Waals surface area contributed by atoms with Crippen molar-refractivity contribution in [1.82, 2.24) is 0 Å². The van der Waals surface area contributed by atoms with Gasteiger partial charge in [-0.25, -0.2) is 0 Å². The van der Waals surface area contributed by atoms with Gasteiger partial charge in [0.05, 0.1) is 27.5 Å². The lowest BCUT2D eigenvalue weighted by molar-refractivity contribution is 0.416. The number of halogens is 3. The minimum absolute atomic E-state index is 0.0412. The summed E-state index contributed by atoms with van der Waals surface area (Å²) in [5.74, 6) is 0.785.